The maximum Gasteiger partial charge on any atom is 0.160 e. The minimum Gasteiger partial charge on any atom is -0.309 e. The number of thiophene rings is 1. The van der Waals surface area contributed by atoms with E-state index in [4.69, 9.17) is 9.97 Å². The number of fused-ring (bicyclic) bond motifs is 10. The van der Waals surface area contributed by atoms with Gasteiger partial charge in [-0.3, -0.25) is 0 Å². The van der Waals surface area contributed by atoms with E-state index >= 15 is 0 Å². The molecule has 0 bridgehead atoms. The smallest absolute Gasteiger partial charge is 0.160 e. The minimum absolute atomic E-state index is 0.272. The zero-order valence-electron chi connectivity index (χ0n) is 26.0. The van der Waals surface area contributed by atoms with Gasteiger partial charge in [0.1, 0.15) is 0 Å². The lowest BCUT2D eigenvalue weighted by Crippen LogP contribution is -2.18. The highest BCUT2D eigenvalue weighted by Crippen LogP contribution is 2.52. The summed E-state index contributed by atoms with van der Waals surface area (Å²) in [6, 6.07) is 50.1. The number of hydrogen-bond donors (Lipinski definition) is 0. The summed E-state index contributed by atoms with van der Waals surface area (Å²) >= 11 is 1.87. The summed E-state index contributed by atoms with van der Waals surface area (Å²) in [5.41, 5.74) is 11.0. The number of rotatable bonds is 3. The Kier molecular flexibility index (Phi) is 5.50. The Morgan fingerprint density at radius 2 is 1.19 bits per heavy atom. The van der Waals surface area contributed by atoms with E-state index in [9.17, 15) is 0 Å². The Morgan fingerprint density at radius 3 is 2.04 bits per heavy atom. The van der Waals surface area contributed by atoms with Gasteiger partial charge in [-0.05, 0) is 35.9 Å². The normalized spacial score (nSPS) is 13.5. The van der Waals surface area contributed by atoms with E-state index in [1.54, 1.807) is 0 Å². The summed E-state index contributed by atoms with van der Waals surface area (Å²) < 4.78 is 5.09. The van der Waals surface area contributed by atoms with Crippen molar-refractivity contribution in [3.8, 4) is 39.6 Å². The van der Waals surface area contributed by atoms with Crippen LogP contribution in [0, 0.1) is 0 Å². The van der Waals surface area contributed by atoms with Gasteiger partial charge in [0.25, 0.3) is 0 Å². The molecule has 3 aromatic heterocycles. The maximum atomic E-state index is 5.45. The van der Waals surface area contributed by atoms with Crippen LogP contribution in [0.1, 0.15) is 25.0 Å². The summed E-state index contributed by atoms with van der Waals surface area (Å²) in [6.07, 6.45) is 0. The lowest BCUT2D eigenvalue weighted by atomic mass is 9.80. The van der Waals surface area contributed by atoms with Crippen molar-refractivity contribution in [1.82, 2.24) is 14.5 Å². The maximum absolute atomic E-state index is 5.45. The van der Waals surface area contributed by atoms with E-state index in [1.165, 1.54) is 58.7 Å². The van der Waals surface area contributed by atoms with Crippen LogP contribution in [0.3, 0.4) is 0 Å². The Labute approximate surface area is 276 Å². The quantitative estimate of drug-likeness (QED) is 0.197. The van der Waals surface area contributed by atoms with Crippen LogP contribution in [0.5, 0.6) is 0 Å². The fourth-order valence-electron chi connectivity index (χ4n) is 7.93. The monoisotopic (exact) mass is 619 g/mol. The average Bonchev–Trinajstić information content (AvgIpc) is 3.74. The van der Waals surface area contributed by atoms with Crippen LogP contribution in [0.4, 0.5) is 0 Å². The van der Waals surface area contributed by atoms with Crippen molar-refractivity contribution in [2.45, 2.75) is 19.3 Å². The molecule has 3 heterocycles. The van der Waals surface area contributed by atoms with E-state index in [0.29, 0.717) is 0 Å². The first-order valence-electron chi connectivity index (χ1n) is 16.1. The molecule has 6 aromatic carbocycles. The largest absolute Gasteiger partial charge is 0.309 e. The third-order valence-corrected chi connectivity index (χ3v) is 11.1. The molecule has 0 radical (unpaired) electrons. The molecule has 3 nitrogen and oxygen atoms in total. The molecule has 0 saturated carbocycles. The molecule has 4 heteroatoms. The van der Waals surface area contributed by atoms with Gasteiger partial charge in [0, 0.05) is 58.6 Å². The highest BCUT2D eigenvalue weighted by Gasteiger charge is 2.40. The fraction of sp³-hybridized carbons (Fsp3) is 0.0698. The first-order chi connectivity index (χ1) is 23.1. The topological polar surface area (TPSA) is 30.7 Å². The molecule has 0 spiro atoms. The SMILES string of the molecule is CC1(C)c2ccccc2-c2nc(-c3ccccc3)nc(-c3ccccc3-n3c4ccccc4c4c5c(ccc43)sc3ccccc35)c21. The van der Waals surface area contributed by atoms with Gasteiger partial charge in [0.15, 0.2) is 5.82 Å². The molecule has 1 aliphatic carbocycles. The van der Waals surface area contributed by atoms with Gasteiger partial charge in [-0.2, -0.15) is 0 Å². The summed E-state index contributed by atoms with van der Waals surface area (Å²) in [4.78, 5) is 10.7. The second kappa shape index (κ2) is 9.71. The van der Waals surface area contributed by atoms with Gasteiger partial charge in [0.05, 0.1) is 28.1 Å². The lowest BCUT2D eigenvalue weighted by molar-refractivity contribution is 0.658. The van der Waals surface area contributed by atoms with Gasteiger partial charge in [-0.1, -0.05) is 123 Å². The number of nitrogens with zero attached hydrogens (tertiary/aromatic N) is 3. The molecule has 47 heavy (non-hydrogen) atoms. The molecule has 0 saturated heterocycles. The number of hydrogen-bond acceptors (Lipinski definition) is 3. The minimum atomic E-state index is -0.272. The molecule has 0 N–H and O–H groups in total. The molecular weight excluding hydrogens is 591 g/mol. The van der Waals surface area contributed by atoms with Crippen molar-refractivity contribution in [1.29, 1.82) is 0 Å². The van der Waals surface area contributed by atoms with Gasteiger partial charge in [-0.25, -0.2) is 9.97 Å². The molecule has 0 unspecified atom stereocenters. The standard InChI is InChI=1S/C43H29N3S/c1-43(2)31-20-10-6-16-27(31)40-39(43)41(45-42(44-40)26-14-4-3-5-15-26)29-18-8-12-22-33(29)46-32-21-11-7-17-28(32)37-34(46)24-25-36-38(37)30-19-9-13-23-35(30)47-36/h3-25H,1-2H3. The van der Waals surface area contributed by atoms with Gasteiger partial charge in [-0.15, -0.1) is 11.3 Å². The highest BCUT2D eigenvalue weighted by atomic mass is 32.1. The van der Waals surface area contributed by atoms with E-state index in [-0.39, 0.29) is 5.41 Å². The fourth-order valence-corrected chi connectivity index (χ4v) is 9.04. The zero-order valence-corrected chi connectivity index (χ0v) is 26.8. The molecule has 0 aliphatic heterocycles. The Bertz CT molecular complexity index is 2710. The molecule has 0 amide bonds. The third-order valence-electron chi connectivity index (χ3n) is 10.00. The van der Waals surface area contributed by atoms with Crippen LogP contribution in [0.15, 0.2) is 140 Å². The lowest BCUT2D eigenvalue weighted by Gasteiger charge is -2.25. The van der Waals surface area contributed by atoms with Gasteiger partial charge in [0.2, 0.25) is 0 Å². The van der Waals surface area contributed by atoms with Crippen molar-refractivity contribution < 1.29 is 0 Å². The predicted molar refractivity (Wildman–Crippen MR) is 198 cm³/mol. The van der Waals surface area contributed by atoms with Crippen LogP contribution in [0.25, 0.3) is 81.6 Å². The van der Waals surface area contributed by atoms with Crippen molar-refractivity contribution in [2.24, 2.45) is 0 Å². The highest BCUT2D eigenvalue weighted by molar-refractivity contribution is 7.26. The average molecular weight is 620 g/mol. The molecule has 0 fully saturated rings. The summed E-state index contributed by atoms with van der Waals surface area (Å²) in [6.45, 7) is 4.63. The molecule has 0 atom stereocenters. The number of aromatic nitrogens is 3. The van der Waals surface area contributed by atoms with E-state index in [2.05, 4.69) is 152 Å². The molecular formula is C43H29N3S. The predicted octanol–water partition coefficient (Wildman–Crippen LogP) is 11.6. The number of para-hydroxylation sites is 2. The Balaban J connectivity index is 1.33. The summed E-state index contributed by atoms with van der Waals surface area (Å²) in [5.74, 6) is 0.746. The van der Waals surface area contributed by atoms with Crippen LogP contribution in [0.2, 0.25) is 0 Å². The molecule has 222 valence electrons. The van der Waals surface area contributed by atoms with Crippen LogP contribution < -0.4 is 0 Å². The van der Waals surface area contributed by atoms with Crippen molar-refractivity contribution in [2.75, 3.05) is 0 Å². The zero-order chi connectivity index (χ0) is 31.3. The number of benzene rings is 6. The van der Waals surface area contributed by atoms with Gasteiger partial charge >= 0.3 is 0 Å². The third kappa shape index (κ3) is 3.67. The van der Waals surface area contributed by atoms with Crippen LogP contribution >= 0.6 is 11.3 Å². The van der Waals surface area contributed by atoms with E-state index in [0.717, 1.165) is 34.0 Å². The molecule has 1 aliphatic rings. The van der Waals surface area contributed by atoms with Crippen LogP contribution in [-0.2, 0) is 5.41 Å². The van der Waals surface area contributed by atoms with Crippen molar-refractivity contribution >= 4 is 53.3 Å². The summed E-state index contributed by atoms with van der Waals surface area (Å²) in [7, 11) is 0. The van der Waals surface area contributed by atoms with E-state index < -0.39 is 0 Å². The second-order valence-electron chi connectivity index (χ2n) is 13.0. The van der Waals surface area contributed by atoms with Gasteiger partial charge < -0.3 is 4.57 Å². The molecule has 10 rings (SSSR count). The Morgan fingerprint density at radius 1 is 0.532 bits per heavy atom. The van der Waals surface area contributed by atoms with Crippen LogP contribution in [-0.4, -0.2) is 14.5 Å². The van der Waals surface area contributed by atoms with Crippen molar-refractivity contribution in [3.05, 3.63) is 151 Å². The first-order valence-corrected chi connectivity index (χ1v) is 16.9. The van der Waals surface area contributed by atoms with E-state index in [1.807, 2.05) is 17.4 Å². The Hall–Kier alpha value is -5.58. The van der Waals surface area contributed by atoms with Crippen molar-refractivity contribution in [3.63, 3.8) is 0 Å². The second-order valence-corrected chi connectivity index (χ2v) is 14.0. The summed E-state index contributed by atoms with van der Waals surface area (Å²) in [5, 5.41) is 5.21. The molecule has 9 aromatic rings. The first kappa shape index (κ1) is 26.6.